The first-order valence-corrected chi connectivity index (χ1v) is 11.5. The molecule has 2 aliphatic heterocycles. The number of carbonyl (C=O) groups excluding carboxylic acids is 2. The first-order valence-electron chi connectivity index (χ1n) is 11.5. The molecule has 1 saturated carbocycles. The highest BCUT2D eigenvalue weighted by atomic mass is 19.4. The van der Waals surface area contributed by atoms with E-state index in [2.05, 4.69) is 0 Å². The molecule has 6 nitrogen and oxygen atoms in total. The molecular weight excluding hydrogens is 508 g/mol. The summed E-state index contributed by atoms with van der Waals surface area (Å²) >= 11 is 0. The van der Waals surface area contributed by atoms with Crippen LogP contribution in [0.3, 0.4) is 0 Å². The van der Waals surface area contributed by atoms with Gasteiger partial charge in [-0.1, -0.05) is 19.1 Å². The fourth-order valence-corrected chi connectivity index (χ4v) is 5.90. The lowest BCUT2D eigenvalue weighted by atomic mass is 9.65. The Kier molecular flexibility index (Phi) is 5.65. The van der Waals surface area contributed by atoms with E-state index in [1.807, 2.05) is 0 Å². The number of phenols is 1. The second-order valence-electron chi connectivity index (χ2n) is 9.84. The van der Waals surface area contributed by atoms with Crippen molar-refractivity contribution in [3.63, 3.8) is 0 Å². The van der Waals surface area contributed by atoms with Crippen LogP contribution in [-0.2, 0) is 26.7 Å². The van der Waals surface area contributed by atoms with Crippen LogP contribution in [0.25, 0.3) is 0 Å². The molecule has 2 amide bonds. The fraction of sp³-hybridized carbons (Fsp3) is 0.440. The van der Waals surface area contributed by atoms with Gasteiger partial charge in [0.25, 0.3) is 0 Å². The summed E-state index contributed by atoms with van der Waals surface area (Å²) in [6, 6.07) is 6.67. The quantitative estimate of drug-likeness (QED) is 0.421. The minimum Gasteiger partial charge on any atom is -0.508 e. The van der Waals surface area contributed by atoms with Crippen LogP contribution in [0.5, 0.6) is 5.75 Å². The van der Waals surface area contributed by atoms with Crippen molar-refractivity contribution in [3.8, 4) is 5.75 Å². The lowest BCUT2D eigenvalue weighted by molar-refractivity contribution is -0.265. The first kappa shape index (κ1) is 25.5. The molecule has 5 rings (SSSR count). The second kappa shape index (κ2) is 8.19. The number of alkyl halides is 6. The van der Waals surface area contributed by atoms with Gasteiger partial charge in [0.15, 0.2) is 5.79 Å². The molecule has 1 aliphatic carbocycles. The second-order valence-corrected chi connectivity index (χ2v) is 9.84. The molecule has 0 unspecified atom stereocenters. The van der Waals surface area contributed by atoms with Crippen molar-refractivity contribution >= 4 is 17.5 Å². The van der Waals surface area contributed by atoms with E-state index in [9.17, 15) is 46.1 Å². The van der Waals surface area contributed by atoms with Crippen molar-refractivity contribution in [1.82, 2.24) is 0 Å². The van der Waals surface area contributed by atoms with Crippen molar-refractivity contribution in [2.45, 2.75) is 44.0 Å². The minimum atomic E-state index is -5.16. The Morgan fingerprint density at radius 2 is 1.57 bits per heavy atom. The summed E-state index contributed by atoms with van der Waals surface area (Å²) in [5.41, 5.74) is -3.62. The SMILES string of the molecule is C[C@H]1C[C@@H]2C(=O)N(c3cc(C(F)(F)F)cc(C(F)(F)F)c3)C(=O)[C@@H]2[C@@H]2C[C@@H](c3cccc(O)c3)O[C@]12O. The van der Waals surface area contributed by atoms with E-state index in [0.29, 0.717) is 22.6 Å². The third kappa shape index (κ3) is 4.06. The molecule has 3 aliphatic rings. The monoisotopic (exact) mass is 529 g/mol. The Morgan fingerprint density at radius 1 is 0.946 bits per heavy atom. The summed E-state index contributed by atoms with van der Waals surface area (Å²) in [5, 5.41) is 21.2. The highest BCUT2D eigenvalue weighted by molar-refractivity contribution is 6.22. The molecule has 37 heavy (non-hydrogen) atoms. The molecule has 2 heterocycles. The molecule has 0 aromatic heterocycles. The maximum absolute atomic E-state index is 13.5. The van der Waals surface area contributed by atoms with Gasteiger partial charge in [-0.15, -0.1) is 0 Å². The van der Waals surface area contributed by atoms with Gasteiger partial charge in [0.05, 0.1) is 34.8 Å². The molecule has 2 aromatic carbocycles. The van der Waals surface area contributed by atoms with Crippen LogP contribution in [0.15, 0.2) is 42.5 Å². The van der Waals surface area contributed by atoms with Gasteiger partial charge in [-0.25, -0.2) is 0 Å². The van der Waals surface area contributed by atoms with E-state index in [1.54, 1.807) is 19.1 Å². The van der Waals surface area contributed by atoms with Crippen LogP contribution in [0.1, 0.15) is 42.6 Å². The van der Waals surface area contributed by atoms with Crippen molar-refractivity contribution in [1.29, 1.82) is 0 Å². The maximum Gasteiger partial charge on any atom is 0.416 e. The van der Waals surface area contributed by atoms with Crippen LogP contribution in [0.4, 0.5) is 32.0 Å². The number of anilines is 1. The van der Waals surface area contributed by atoms with E-state index >= 15 is 0 Å². The van der Waals surface area contributed by atoms with Crippen molar-refractivity contribution in [2.75, 3.05) is 4.90 Å². The first-order chi connectivity index (χ1) is 17.1. The molecule has 0 bridgehead atoms. The zero-order chi connectivity index (χ0) is 27.1. The molecule has 0 spiro atoms. The van der Waals surface area contributed by atoms with Crippen molar-refractivity contribution in [2.24, 2.45) is 23.7 Å². The van der Waals surface area contributed by atoms with Gasteiger partial charge in [0.2, 0.25) is 11.8 Å². The number of nitrogens with zero attached hydrogens (tertiary/aromatic N) is 1. The average molecular weight is 529 g/mol. The molecule has 12 heteroatoms. The molecule has 2 saturated heterocycles. The van der Waals surface area contributed by atoms with Crippen molar-refractivity contribution in [3.05, 3.63) is 59.2 Å². The summed E-state index contributed by atoms with van der Waals surface area (Å²) in [7, 11) is 0. The Bertz CT molecular complexity index is 1240. The number of halogens is 6. The van der Waals surface area contributed by atoms with Gasteiger partial charge in [0.1, 0.15) is 5.75 Å². The van der Waals surface area contributed by atoms with E-state index in [-0.39, 0.29) is 24.7 Å². The predicted octanol–water partition coefficient (Wildman–Crippen LogP) is 5.04. The smallest absolute Gasteiger partial charge is 0.416 e. The predicted molar refractivity (Wildman–Crippen MR) is 115 cm³/mol. The van der Waals surface area contributed by atoms with E-state index < -0.39 is 76.5 Å². The molecular formula is C25H21F6NO5. The van der Waals surface area contributed by atoms with Crippen LogP contribution >= 0.6 is 0 Å². The van der Waals surface area contributed by atoms with Gasteiger partial charge in [-0.2, -0.15) is 26.3 Å². The summed E-state index contributed by atoms with van der Waals surface area (Å²) in [6.07, 6.45) is -11.1. The van der Waals surface area contributed by atoms with Gasteiger partial charge in [-0.3, -0.25) is 14.5 Å². The Labute approximate surface area is 206 Å². The van der Waals surface area contributed by atoms with Gasteiger partial charge in [0, 0.05) is 11.8 Å². The lowest BCUT2D eigenvalue weighted by Gasteiger charge is -2.43. The minimum absolute atomic E-state index is 0.0503. The number of fused-ring (bicyclic) bond motifs is 3. The number of hydrogen-bond donors (Lipinski definition) is 2. The highest BCUT2D eigenvalue weighted by Gasteiger charge is 2.66. The van der Waals surface area contributed by atoms with Gasteiger partial charge >= 0.3 is 12.4 Å². The fourth-order valence-electron chi connectivity index (χ4n) is 5.90. The van der Waals surface area contributed by atoms with Crippen LogP contribution in [-0.4, -0.2) is 27.8 Å². The molecule has 198 valence electrons. The van der Waals surface area contributed by atoms with Crippen LogP contribution in [0.2, 0.25) is 0 Å². The number of hydrogen-bond acceptors (Lipinski definition) is 5. The molecule has 0 radical (unpaired) electrons. The normalized spacial score (nSPS) is 32.0. The molecule has 3 fully saturated rings. The number of phenolic OH excluding ortho intramolecular Hbond substituents is 1. The average Bonchev–Trinajstić information content (AvgIpc) is 3.27. The van der Waals surface area contributed by atoms with E-state index in [4.69, 9.17) is 4.74 Å². The number of carbonyl (C=O) groups is 2. The van der Waals surface area contributed by atoms with E-state index in [0.717, 1.165) is 0 Å². The van der Waals surface area contributed by atoms with Crippen LogP contribution in [0, 0.1) is 23.7 Å². The summed E-state index contributed by atoms with van der Waals surface area (Å²) in [5.74, 6) is -7.72. The Hall–Kier alpha value is -3.12. The maximum atomic E-state index is 13.5. The lowest BCUT2D eigenvalue weighted by Crippen LogP contribution is -2.52. The Morgan fingerprint density at radius 3 is 2.14 bits per heavy atom. The number of imide groups is 1. The molecule has 6 atom stereocenters. The number of rotatable bonds is 2. The largest absolute Gasteiger partial charge is 0.508 e. The highest BCUT2D eigenvalue weighted by Crippen LogP contribution is 2.58. The van der Waals surface area contributed by atoms with Crippen molar-refractivity contribution < 1.29 is 50.9 Å². The van der Waals surface area contributed by atoms with E-state index in [1.165, 1.54) is 12.1 Å². The third-order valence-electron chi connectivity index (χ3n) is 7.63. The standard InChI is InChI=1S/C25H21F6NO5/c1-11-5-17-20(18-10-19(37-23(11,18)36)12-3-2-4-16(33)6-12)22(35)32(21(17)34)15-8-13(24(26,27)28)7-14(9-15)25(29,30)31/h2-4,6-9,11,17-20,33,36H,5,10H2,1H3/t11-,17-,18-,19-,20-,23+/m0/s1. The summed E-state index contributed by atoms with van der Waals surface area (Å²) < 4.78 is 86.3. The van der Waals surface area contributed by atoms with Gasteiger partial charge < -0.3 is 14.9 Å². The number of ether oxygens (including phenoxy) is 1. The molecule has 2 aromatic rings. The van der Waals surface area contributed by atoms with Crippen LogP contribution < -0.4 is 4.90 Å². The Balaban J connectivity index is 1.55. The summed E-state index contributed by atoms with van der Waals surface area (Å²) in [6.45, 7) is 1.60. The zero-order valence-electron chi connectivity index (χ0n) is 19.2. The number of amides is 2. The third-order valence-corrected chi connectivity index (χ3v) is 7.63. The number of aromatic hydroxyl groups is 1. The zero-order valence-corrected chi connectivity index (χ0v) is 19.2. The summed E-state index contributed by atoms with van der Waals surface area (Å²) in [4.78, 5) is 27.2. The number of benzene rings is 2. The molecule has 2 N–H and O–H groups in total. The topological polar surface area (TPSA) is 87.1 Å². The van der Waals surface area contributed by atoms with Gasteiger partial charge in [-0.05, 0) is 48.7 Å². The number of aliphatic hydroxyl groups is 1.